The van der Waals surface area contributed by atoms with Gasteiger partial charge >= 0.3 is 0 Å². The molecule has 300 valence electrons. The van der Waals surface area contributed by atoms with Crippen LogP contribution in [0.5, 0.6) is 0 Å². The number of para-hydroxylation sites is 1. The smallest absolute Gasteiger partial charge is 0.169 e. The molecule has 1 N–H and O–H groups in total. The molecule has 1 spiro atoms. The minimum Gasteiger partial charge on any atom is -0.456 e. The molecule has 9 aromatic rings. The van der Waals surface area contributed by atoms with Gasteiger partial charge in [0.1, 0.15) is 22.8 Å². The Kier molecular flexibility index (Phi) is 8.79. The Morgan fingerprint density at radius 3 is 1.86 bits per heavy atom. The Bertz CT molecular complexity index is 3330. The molecule has 0 amide bonds. The summed E-state index contributed by atoms with van der Waals surface area (Å²) in [6.07, 6.45) is 5.54. The summed E-state index contributed by atoms with van der Waals surface area (Å²) in [6.45, 7) is 0. The van der Waals surface area contributed by atoms with Gasteiger partial charge in [0.15, 0.2) is 6.17 Å². The SMILES string of the molecule is N#Cc1ccc2c(c1)C1(CCCCC1)c1cccc(-c3ccc(-c4ccc(C5N=C(c6ccc(-c7ccccc7)cc6)NC(c6ccc7oc8ccccc8c7c6)=N5)cc4)cc3)c1-2. The van der Waals surface area contributed by atoms with Crippen molar-refractivity contribution in [1.29, 1.82) is 5.26 Å². The highest BCUT2D eigenvalue weighted by Gasteiger charge is 2.44. The van der Waals surface area contributed by atoms with Gasteiger partial charge in [-0.05, 0) is 110 Å². The molecule has 0 radical (unpaired) electrons. The van der Waals surface area contributed by atoms with E-state index in [-0.39, 0.29) is 5.41 Å². The molecule has 1 fully saturated rings. The van der Waals surface area contributed by atoms with E-state index in [9.17, 15) is 5.26 Å². The predicted molar refractivity (Wildman–Crippen MR) is 256 cm³/mol. The third-order valence-electron chi connectivity index (χ3n) is 13.6. The molecule has 1 aromatic heterocycles. The van der Waals surface area contributed by atoms with E-state index in [1.54, 1.807) is 0 Å². The third-order valence-corrected chi connectivity index (χ3v) is 13.6. The molecule has 2 aliphatic carbocycles. The summed E-state index contributed by atoms with van der Waals surface area (Å²) in [4.78, 5) is 10.5. The van der Waals surface area contributed by atoms with Crippen LogP contribution in [-0.2, 0) is 5.41 Å². The summed E-state index contributed by atoms with van der Waals surface area (Å²) in [5.41, 5.74) is 17.9. The van der Waals surface area contributed by atoms with E-state index in [0.29, 0.717) is 0 Å². The van der Waals surface area contributed by atoms with Crippen molar-refractivity contribution in [3.05, 3.63) is 215 Å². The summed E-state index contributed by atoms with van der Waals surface area (Å²) in [6, 6.07) is 66.7. The Balaban J connectivity index is 0.874. The van der Waals surface area contributed by atoms with Gasteiger partial charge in [-0.3, -0.25) is 0 Å². The number of rotatable bonds is 6. The molecular formula is C58H42N4O. The predicted octanol–water partition coefficient (Wildman–Crippen LogP) is 14.2. The van der Waals surface area contributed by atoms with E-state index in [1.807, 2.05) is 36.4 Å². The normalized spacial score (nSPS) is 16.2. The fourth-order valence-electron chi connectivity index (χ4n) is 10.5. The molecule has 8 aromatic carbocycles. The molecule has 5 nitrogen and oxygen atoms in total. The van der Waals surface area contributed by atoms with Crippen LogP contribution in [0.4, 0.5) is 0 Å². The maximum Gasteiger partial charge on any atom is 0.169 e. The van der Waals surface area contributed by atoms with Crippen LogP contribution in [0.15, 0.2) is 196 Å². The largest absolute Gasteiger partial charge is 0.456 e. The minimum absolute atomic E-state index is 0.00716. The zero-order valence-electron chi connectivity index (χ0n) is 34.7. The van der Waals surface area contributed by atoms with E-state index in [4.69, 9.17) is 14.4 Å². The van der Waals surface area contributed by atoms with Crippen LogP contribution in [0.3, 0.4) is 0 Å². The number of nitrogens with one attached hydrogen (secondary N) is 1. The van der Waals surface area contributed by atoms with Crippen molar-refractivity contribution in [2.75, 3.05) is 0 Å². The number of hydrogen-bond donors (Lipinski definition) is 1. The van der Waals surface area contributed by atoms with Gasteiger partial charge in [-0.15, -0.1) is 0 Å². The molecule has 0 bridgehead atoms. The zero-order chi connectivity index (χ0) is 41.9. The summed E-state index contributed by atoms with van der Waals surface area (Å²) in [5, 5.41) is 15.6. The fourth-order valence-corrected chi connectivity index (χ4v) is 10.5. The average Bonchev–Trinajstić information content (AvgIpc) is 3.86. The highest BCUT2D eigenvalue weighted by molar-refractivity contribution is 6.17. The zero-order valence-corrected chi connectivity index (χ0v) is 34.7. The lowest BCUT2D eigenvalue weighted by molar-refractivity contribution is 0.353. The molecule has 63 heavy (non-hydrogen) atoms. The highest BCUT2D eigenvalue weighted by Crippen LogP contribution is 2.58. The van der Waals surface area contributed by atoms with Crippen molar-refractivity contribution >= 4 is 33.6 Å². The van der Waals surface area contributed by atoms with Crippen molar-refractivity contribution in [1.82, 2.24) is 5.32 Å². The van der Waals surface area contributed by atoms with Crippen LogP contribution in [0.1, 0.15) is 71.7 Å². The number of nitriles is 1. The summed E-state index contributed by atoms with van der Waals surface area (Å²) < 4.78 is 6.17. The number of furan rings is 1. The van der Waals surface area contributed by atoms with Crippen molar-refractivity contribution in [3.63, 3.8) is 0 Å². The van der Waals surface area contributed by atoms with Crippen LogP contribution < -0.4 is 5.32 Å². The first-order valence-corrected chi connectivity index (χ1v) is 22.0. The topological polar surface area (TPSA) is 73.7 Å². The monoisotopic (exact) mass is 810 g/mol. The van der Waals surface area contributed by atoms with Gasteiger partial charge < -0.3 is 9.73 Å². The lowest BCUT2D eigenvalue weighted by atomic mass is 9.67. The van der Waals surface area contributed by atoms with Crippen LogP contribution in [-0.4, -0.2) is 11.7 Å². The Labute approximate surface area is 366 Å². The van der Waals surface area contributed by atoms with E-state index in [1.165, 1.54) is 58.2 Å². The molecule has 1 unspecified atom stereocenters. The molecular weight excluding hydrogens is 769 g/mol. The van der Waals surface area contributed by atoms with Gasteiger partial charge in [0.25, 0.3) is 0 Å². The number of nitrogens with zero attached hydrogens (tertiary/aromatic N) is 3. The third kappa shape index (κ3) is 6.29. The second kappa shape index (κ2) is 15.0. The number of amidine groups is 2. The Morgan fingerprint density at radius 1 is 0.492 bits per heavy atom. The molecule has 1 aliphatic heterocycles. The first-order chi connectivity index (χ1) is 31.1. The van der Waals surface area contributed by atoms with E-state index in [0.717, 1.165) is 85.4 Å². The lowest BCUT2D eigenvalue weighted by Gasteiger charge is -2.36. The van der Waals surface area contributed by atoms with Gasteiger partial charge in [0, 0.05) is 27.3 Å². The molecule has 2 heterocycles. The Hall–Kier alpha value is -7.81. The standard InChI is InChI=1S/C58H42N4O/c59-36-37-16-30-48-51(34-37)58(32-7-2-8-33-58)50-14-9-13-46(54(48)50)42-23-17-40(18-24-42)41-21-27-44(28-22-41)56-60-55(43-25-19-39(20-26-43)38-10-3-1-4-11-38)61-57(62-56)45-29-31-53-49(35-45)47-12-5-6-15-52(47)63-53/h1,3-6,9-31,34-35,56H,2,7-8,32-33H2,(H,60,61,62). The van der Waals surface area contributed by atoms with Crippen molar-refractivity contribution in [2.24, 2.45) is 9.98 Å². The van der Waals surface area contributed by atoms with E-state index < -0.39 is 6.17 Å². The van der Waals surface area contributed by atoms with Crippen molar-refractivity contribution < 1.29 is 4.42 Å². The Morgan fingerprint density at radius 2 is 1.11 bits per heavy atom. The van der Waals surface area contributed by atoms with Crippen LogP contribution in [0.25, 0.3) is 66.4 Å². The molecule has 3 aliphatic rings. The van der Waals surface area contributed by atoms with Crippen LogP contribution in [0.2, 0.25) is 0 Å². The first-order valence-electron chi connectivity index (χ1n) is 22.0. The minimum atomic E-state index is -0.446. The van der Waals surface area contributed by atoms with Crippen molar-refractivity contribution in [3.8, 4) is 50.6 Å². The lowest BCUT2D eigenvalue weighted by Crippen LogP contribution is -2.36. The first kappa shape index (κ1) is 37.0. The molecule has 1 saturated carbocycles. The second-order valence-corrected chi connectivity index (χ2v) is 17.1. The van der Waals surface area contributed by atoms with E-state index in [2.05, 4.69) is 157 Å². The maximum absolute atomic E-state index is 9.84. The quantitative estimate of drug-likeness (QED) is 0.182. The molecule has 0 saturated heterocycles. The summed E-state index contributed by atoms with van der Waals surface area (Å²) >= 11 is 0. The summed E-state index contributed by atoms with van der Waals surface area (Å²) in [7, 11) is 0. The van der Waals surface area contributed by atoms with Gasteiger partial charge in [0.05, 0.1) is 11.6 Å². The number of benzene rings is 8. The number of aliphatic imine (C=N–C) groups is 2. The number of hydrogen-bond acceptors (Lipinski definition) is 5. The van der Waals surface area contributed by atoms with Crippen molar-refractivity contribution in [2.45, 2.75) is 43.7 Å². The average molecular weight is 811 g/mol. The van der Waals surface area contributed by atoms with E-state index >= 15 is 0 Å². The molecule has 1 atom stereocenters. The summed E-state index contributed by atoms with van der Waals surface area (Å²) in [5.74, 6) is 1.54. The second-order valence-electron chi connectivity index (χ2n) is 17.1. The molecule has 5 heteroatoms. The van der Waals surface area contributed by atoms with Gasteiger partial charge in [-0.2, -0.15) is 5.26 Å². The van der Waals surface area contributed by atoms with Crippen LogP contribution >= 0.6 is 0 Å². The number of fused-ring (bicyclic) bond motifs is 8. The highest BCUT2D eigenvalue weighted by atomic mass is 16.3. The maximum atomic E-state index is 9.84. The van der Waals surface area contributed by atoms with Gasteiger partial charge in [-0.25, -0.2) is 9.98 Å². The van der Waals surface area contributed by atoms with Gasteiger partial charge in [-0.1, -0.05) is 165 Å². The molecule has 12 rings (SSSR count). The van der Waals surface area contributed by atoms with Crippen LogP contribution in [0, 0.1) is 11.3 Å². The van der Waals surface area contributed by atoms with Gasteiger partial charge in [0.2, 0.25) is 0 Å². The fraction of sp³-hybridized carbons (Fsp3) is 0.121.